The van der Waals surface area contributed by atoms with Gasteiger partial charge in [-0.25, -0.2) is 0 Å². The number of aliphatic hydroxyl groups is 2. The van der Waals surface area contributed by atoms with Crippen LogP contribution in [0, 0.1) is 24.2 Å². The number of aliphatic hydroxyl groups excluding tert-OH is 2. The minimum Gasteiger partial charge on any atom is -0.393 e. The van der Waals surface area contributed by atoms with E-state index >= 15 is 0 Å². The lowest BCUT2D eigenvalue weighted by Gasteiger charge is -2.48. The molecule has 1 aromatic rings. The Bertz CT molecular complexity index is 938. The van der Waals surface area contributed by atoms with Gasteiger partial charge in [-0.2, -0.15) is 0 Å². The molecule has 188 valence electrons. The molecule has 34 heavy (non-hydrogen) atoms. The van der Waals surface area contributed by atoms with Crippen LogP contribution in [0.1, 0.15) is 107 Å². The average Bonchev–Trinajstić information content (AvgIpc) is 3.19. The summed E-state index contributed by atoms with van der Waals surface area (Å²) in [5.41, 5.74) is 7.89. The Morgan fingerprint density at radius 1 is 1.21 bits per heavy atom. The molecule has 3 nitrogen and oxygen atoms in total. The van der Waals surface area contributed by atoms with Crippen LogP contribution in [0.15, 0.2) is 23.8 Å². The second-order valence-electron chi connectivity index (χ2n) is 12.6. The summed E-state index contributed by atoms with van der Waals surface area (Å²) in [4.78, 5) is 2.60. The molecular formula is C31H47NO2. The first-order valence-electron chi connectivity index (χ1n) is 14.2. The summed E-state index contributed by atoms with van der Waals surface area (Å²) >= 11 is 0. The van der Waals surface area contributed by atoms with Crippen LogP contribution in [-0.4, -0.2) is 46.5 Å². The summed E-state index contributed by atoms with van der Waals surface area (Å²) in [5, 5.41) is 21.5. The second-order valence-corrected chi connectivity index (χ2v) is 12.6. The van der Waals surface area contributed by atoms with Gasteiger partial charge in [0.05, 0.1) is 12.2 Å². The van der Waals surface area contributed by atoms with Gasteiger partial charge >= 0.3 is 0 Å². The van der Waals surface area contributed by atoms with E-state index < -0.39 is 0 Å². The summed E-state index contributed by atoms with van der Waals surface area (Å²) in [6, 6.07) is 5.08. The van der Waals surface area contributed by atoms with E-state index in [-0.39, 0.29) is 23.7 Å². The zero-order valence-electron chi connectivity index (χ0n) is 22.2. The lowest BCUT2D eigenvalue weighted by atomic mass is 9.57. The Kier molecular flexibility index (Phi) is 6.76. The minimum absolute atomic E-state index is 0.144. The lowest BCUT2D eigenvalue weighted by Crippen LogP contribution is -2.53. The number of hydrogen-bond donors (Lipinski definition) is 2. The lowest BCUT2D eigenvalue weighted by molar-refractivity contribution is -0.0215. The van der Waals surface area contributed by atoms with E-state index in [9.17, 15) is 10.2 Å². The first-order chi connectivity index (χ1) is 16.2. The molecule has 0 aromatic heterocycles. The number of benzene rings is 1. The van der Waals surface area contributed by atoms with Gasteiger partial charge in [0.2, 0.25) is 0 Å². The molecule has 1 aromatic carbocycles. The Labute approximate surface area is 207 Å². The van der Waals surface area contributed by atoms with E-state index in [1.807, 2.05) is 0 Å². The summed E-state index contributed by atoms with van der Waals surface area (Å²) in [6.45, 7) is 14.0. The highest BCUT2D eigenvalue weighted by Gasteiger charge is 2.50. The third kappa shape index (κ3) is 4.00. The van der Waals surface area contributed by atoms with Gasteiger partial charge in [-0.15, -0.1) is 0 Å². The smallest absolute Gasteiger partial charge is 0.0704 e. The van der Waals surface area contributed by atoms with E-state index in [1.54, 1.807) is 11.1 Å². The topological polar surface area (TPSA) is 43.7 Å². The van der Waals surface area contributed by atoms with E-state index in [1.165, 1.54) is 36.0 Å². The summed E-state index contributed by atoms with van der Waals surface area (Å²) in [5.74, 6) is 2.20. The molecule has 2 fully saturated rings. The van der Waals surface area contributed by atoms with Crippen molar-refractivity contribution in [3.05, 3.63) is 46.0 Å². The monoisotopic (exact) mass is 465 g/mol. The van der Waals surface area contributed by atoms with Gasteiger partial charge in [0.25, 0.3) is 0 Å². The SMILES string of the molecule is CCCCN1C[C@@H](C)C[C@@H](O)[C@@H]1[C@@H](C)c1ccc2c(c1C)C[C@H]1[C@H]2CC=C2C[C@@H](O)CC[C@@]21C. The van der Waals surface area contributed by atoms with Gasteiger partial charge in [-0.1, -0.05) is 57.9 Å². The predicted octanol–water partition coefficient (Wildman–Crippen LogP) is 6.11. The molecule has 4 aliphatic rings. The normalized spacial score (nSPS) is 38.6. The van der Waals surface area contributed by atoms with Crippen LogP contribution in [0.5, 0.6) is 0 Å². The van der Waals surface area contributed by atoms with E-state index in [0.717, 1.165) is 45.2 Å². The van der Waals surface area contributed by atoms with Crippen molar-refractivity contribution in [1.29, 1.82) is 0 Å². The molecule has 0 unspecified atom stereocenters. The van der Waals surface area contributed by atoms with Crippen molar-refractivity contribution in [3.8, 4) is 0 Å². The van der Waals surface area contributed by atoms with Crippen molar-refractivity contribution >= 4 is 0 Å². The van der Waals surface area contributed by atoms with Crippen molar-refractivity contribution in [2.45, 2.75) is 116 Å². The molecule has 0 radical (unpaired) electrons. The van der Waals surface area contributed by atoms with Crippen molar-refractivity contribution in [1.82, 2.24) is 4.90 Å². The number of hydrogen-bond acceptors (Lipinski definition) is 3. The molecule has 1 saturated heterocycles. The molecule has 3 aliphatic carbocycles. The predicted molar refractivity (Wildman–Crippen MR) is 140 cm³/mol. The maximum Gasteiger partial charge on any atom is 0.0704 e. The molecule has 2 N–H and O–H groups in total. The number of rotatable bonds is 5. The number of nitrogens with zero attached hydrogens (tertiary/aromatic N) is 1. The standard InChI is InChI=1S/C31H47NO2/c1-6-7-14-32-18-19(2)15-29(34)30(32)21(4)24-10-11-25-26-9-8-22-16-23(33)12-13-31(22,5)28(26)17-27(25)20(24)3/h8,10-11,19,21,23,26,28-30,33-34H,6-7,9,12-18H2,1-5H3/t19-,21-,23-,26-,28-,29+,30-,31-/m0/s1. The summed E-state index contributed by atoms with van der Waals surface area (Å²) < 4.78 is 0. The van der Waals surface area contributed by atoms with Crippen LogP contribution in [0.3, 0.4) is 0 Å². The van der Waals surface area contributed by atoms with Gasteiger partial charge in [0.15, 0.2) is 0 Å². The summed E-state index contributed by atoms with van der Waals surface area (Å²) in [6.07, 6.45) is 10.7. The third-order valence-corrected chi connectivity index (χ3v) is 10.4. The van der Waals surface area contributed by atoms with E-state index in [4.69, 9.17) is 0 Å². The van der Waals surface area contributed by atoms with Crippen molar-refractivity contribution in [3.63, 3.8) is 0 Å². The van der Waals surface area contributed by atoms with Crippen molar-refractivity contribution in [2.75, 3.05) is 13.1 Å². The molecule has 1 aliphatic heterocycles. The molecule has 1 heterocycles. The van der Waals surface area contributed by atoms with Crippen LogP contribution in [-0.2, 0) is 6.42 Å². The molecule has 3 heteroatoms. The fourth-order valence-electron chi connectivity index (χ4n) is 8.50. The quantitative estimate of drug-likeness (QED) is 0.516. The molecule has 8 atom stereocenters. The van der Waals surface area contributed by atoms with Crippen LogP contribution in [0.25, 0.3) is 0 Å². The van der Waals surface area contributed by atoms with Crippen molar-refractivity contribution in [2.24, 2.45) is 17.3 Å². The highest BCUT2D eigenvalue weighted by molar-refractivity contribution is 5.50. The zero-order chi connectivity index (χ0) is 24.2. The number of fused-ring (bicyclic) bond motifs is 5. The van der Waals surface area contributed by atoms with Gasteiger partial charge < -0.3 is 10.2 Å². The van der Waals surface area contributed by atoms with E-state index in [0.29, 0.717) is 23.7 Å². The van der Waals surface area contributed by atoms with Crippen LogP contribution in [0.4, 0.5) is 0 Å². The summed E-state index contributed by atoms with van der Waals surface area (Å²) in [7, 11) is 0. The van der Waals surface area contributed by atoms with Crippen LogP contribution in [0.2, 0.25) is 0 Å². The van der Waals surface area contributed by atoms with E-state index in [2.05, 4.69) is 57.7 Å². The van der Waals surface area contributed by atoms with Gasteiger partial charge in [0.1, 0.15) is 0 Å². The average molecular weight is 466 g/mol. The number of unbranched alkanes of at least 4 members (excludes halogenated alkanes) is 1. The minimum atomic E-state index is -0.245. The largest absolute Gasteiger partial charge is 0.393 e. The number of allylic oxidation sites excluding steroid dienone is 1. The molecule has 5 rings (SSSR count). The molecular weight excluding hydrogens is 418 g/mol. The van der Waals surface area contributed by atoms with Crippen LogP contribution < -0.4 is 0 Å². The Morgan fingerprint density at radius 3 is 2.76 bits per heavy atom. The molecule has 1 saturated carbocycles. The van der Waals surface area contributed by atoms with Gasteiger partial charge in [0, 0.05) is 12.6 Å². The molecule has 0 bridgehead atoms. The first kappa shape index (κ1) is 24.5. The van der Waals surface area contributed by atoms with Gasteiger partial charge in [-0.3, -0.25) is 4.90 Å². The molecule has 0 amide bonds. The fraction of sp³-hybridized carbons (Fsp3) is 0.742. The highest BCUT2D eigenvalue weighted by atomic mass is 16.3. The van der Waals surface area contributed by atoms with Crippen LogP contribution >= 0.6 is 0 Å². The fourth-order valence-corrected chi connectivity index (χ4v) is 8.50. The Balaban J connectivity index is 1.43. The highest BCUT2D eigenvalue weighted by Crippen LogP contribution is 2.60. The zero-order valence-corrected chi connectivity index (χ0v) is 22.2. The van der Waals surface area contributed by atoms with Crippen molar-refractivity contribution < 1.29 is 10.2 Å². The van der Waals surface area contributed by atoms with Gasteiger partial charge in [-0.05, 0) is 110 Å². The first-order valence-corrected chi connectivity index (χ1v) is 14.2. The maximum absolute atomic E-state index is 11.2. The third-order valence-electron chi connectivity index (χ3n) is 10.4. The molecule has 0 spiro atoms. The Hall–Kier alpha value is -1.16. The Morgan fingerprint density at radius 2 is 2.00 bits per heavy atom. The maximum atomic E-state index is 11.2. The second kappa shape index (κ2) is 9.37. The number of likely N-dealkylation sites (tertiary alicyclic amines) is 1. The number of piperidine rings is 1.